The fourth-order valence-corrected chi connectivity index (χ4v) is 2.49. The molecule has 0 radical (unpaired) electrons. The highest BCUT2D eigenvalue weighted by Crippen LogP contribution is 2.14. The second-order valence-corrected chi connectivity index (χ2v) is 5.76. The normalized spacial score (nSPS) is 11.4. The highest BCUT2D eigenvalue weighted by atomic mass is 16.6. The molecule has 7 heteroatoms. The average Bonchev–Trinajstić information content (AvgIpc) is 2.66. The van der Waals surface area contributed by atoms with Crippen molar-refractivity contribution in [3.63, 3.8) is 0 Å². The fourth-order valence-electron chi connectivity index (χ4n) is 2.49. The van der Waals surface area contributed by atoms with E-state index in [1.54, 1.807) is 12.1 Å². The molecule has 0 aromatic heterocycles. The first-order valence-corrected chi connectivity index (χ1v) is 8.14. The van der Waals surface area contributed by atoms with Gasteiger partial charge in [0.25, 0.3) is 5.69 Å². The number of aryl methyl sites for hydroxylation is 1. The van der Waals surface area contributed by atoms with Crippen molar-refractivity contribution in [2.24, 2.45) is 0 Å². The number of hydrogen-bond donors (Lipinski definition) is 1. The molecule has 0 aliphatic rings. The minimum absolute atomic E-state index is 0.0322. The number of nitro benzene ring substituents is 1. The van der Waals surface area contributed by atoms with Crippen LogP contribution in [0.25, 0.3) is 0 Å². The lowest BCUT2D eigenvalue weighted by molar-refractivity contribution is -0.384. The van der Waals surface area contributed by atoms with Crippen LogP contribution in [0.5, 0.6) is 0 Å². The highest BCUT2D eigenvalue weighted by molar-refractivity contribution is 5.84. The van der Waals surface area contributed by atoms with Crippen LogP contribution in [0.15, 0.2) is 54.6 Å². The molecule has 26 heavy (non-hydrogen) atoms. The van der Waals surface area contributed by atoms with Gasteiger partial charge in [0.2, 0.25) is 5.91 Å². The molecule has 0 saturated carbocycles. The third-order valence-corrected chi connectivity index (χ3v) is 3.89. The van der Waals surface area contributed by atoms with Gasteiger partial charge in [-0.05, 0) is 17.5 Å². The van der Waals surface area contributed by atoms with E-state index in [-0.39, 0.29) is 24.4 Å². The largest absolute Gasteiger partial charge is 0.467 e. The minimum Gasteiger partial charge on any atom is -0.467 e. The second-order valence-electron chi connectivity index (χ2n) is 5.76. The van der Waals surface area contributed by atoms with Gasteiger partial charge in [0.05, 0.1) is 12.0 Å². The lowest BCUT2D eigenvalue weighted by Crippen LogP contribution is -2.43. The van der Waals surface area contributed by atoms with Gasteiger partial charge < -0.3 is 10.1 Å². The summed E-state index contributed by atoms with van der Waals surface area (Å²) < 4.78 is 4.75. The molecule has 2 aromatic carbocycles. The second kappa shape index (κ2) is 9.31. The smallest absolute Gasteiger partial charge is 0.328 e. The third-order valence-electron chi connectivity index (χ3n) is 3.89. The van der Waals surface area contributed by atoms with Crippen molar-refractivity contribution >= 4 is 17.6 Å². The van der Waals surface area contributed by atoms with Crippen LogP contribution >= 0.6 is 0 Å². The Morgan fingerprint density at radius 2 is 1.73 bits per heavy atom. The van der Waals surface area contributed by atoms with E-state index in [1.165, 1.54) is 19.2 Å². The number of benzene rings is 2. The molecule has 0 fully saturated rings. The molecular weight excluding hydrogens is 336 g/mol. The molecule has 0 spiro atoms. The van der Waals surface area contributed by atoms with E-state index in [0.29, 0.717) is 12.0 Å². The Morgan fingerprint density at radius 3 is 2.31 bits per heavy atom. The van der Waals surface area contributed by atoms with Gasteiger partial charge in [-0.1, -0.05) is 42.5 Å². The van der Waals surface area contributed by atoms with E-state index in [1.807, 2.05) is 30.3 Å². The van der Waals surface area contributed by atoms with Gasteiger partial charge in [-0.15, -0.1) is 0 Å². The maximum absolute atomic E-state index is 12.2. The zero-order chi connectivity index (χ0) is 18.9. The Hall–Kier alpha value is -3.22. The monoisotopic (exact) mass is 356 g/mol. The number of rotatable bonds is 8. The van der Waals surface area contributed by atoms with Crippen molar-refractivity contribution in [1.29, 1.82) is 0 Å². The van der Waals surface area contributed by atoms with Crippen molar-refractivity contribution in [3.8, 4) is 0 Å². The molecular formula is C19H20N2O5. The zero-order valence-electron chi connectivity index (χ0n) is 14.4. The van der Waals surface area contributed by atoms with Crippen LogP contribution in [0.3, 0.4) is 0 Å². The summed E-state index contributed by atoms with van der Waals surface area (Å²) >= 11 is 0. The van der Waals surface area contributed by atoms with Crippen molar-refractivity contribution in [1.82, 2.24) is 5.32 Å². The van der Waals surface area contributed by atoms with Gasteiger partial charge in [-0.25, -0.2) is 4.79 Å². The van der Waals surface area contributed by atoms with Gasteiger partial charge in [-0.3, -0.25) is 14.9 Å². The van der Waals surface area contributed by atoms with Crippen LogP contribution in [0, 0.1) is 10.1 Å². The van der Waals surface area contributed by atoms with Gasteiger partial charge >= 0.3 is 5.97 Å². The van der Waals surface area contributed by atoms with Gasteiger partial charge in [0.1, 0.15) is 6.04 Å². The summed E-state index contributed by atoms with van der Waals surface area (Å²) in [7, 11) is 1.25. The summed E-state index contributed by atoms with van der Waals surface area (Å²) in [5.74, 6) is -0.817. The third kappa shape index (κ3) is 5.70. The van der Waals surface area contributed by atoms with Crippen LogP contribution in [0.1, 0.15) is 17.5 Å². The summed E-state index contributed by atoms with van der Waals surface area (Å²) in [4.78, 5) is 34.3. The molecule has 7 nitrogen and oxygen atoms in total. The number of non-ortho nitro benzene ring substituents is 1. The predicted molar refractivity (Wildman–Crippen MR) is 95.5 cm³/mol. The van der Waals surface area contributed by atoms with E-state index in [4.69, 9.17) is 4.74 Å². The SMILES string of the molecule is COC(=O)[C@@H](Cc1ccc([N+](=O)[O-])cc1)NC(=O)CCc1ccccc1. The molecule has 0 saturated heterocycles. The molecule has 136 valence electrons. The molecule has 0 aliphatic heterocycles. The molecule has 0 bridgehead atoms. The Kier molecular flexibility index (Phi) is 6.84. The van der Waals surface area contributed by atoms with Crippen molar-refractivity contribution in [2.75, 3.05) is 7.11 Å². The summed E-state index contributed by atoms with van der Waals surface area (Å²) in [6, 6.07) is 14.6. The maximum atomic E-state index is 12.2. The predicted octanol–water partition coefficient (Wildman–Crippen LogP) is 2.43. The van der Waals surface area contributed by atoms with Gasteiger partial charge in [-0.2, -0.15) is 0 Å². The van der Waals surface area contributed by atoms with Crippen LogP contribution in [0.2, 0.25) is 0 Å². The van der Waals surface area contributed by atoms with Crippen molar-refractivity contribution < 1.29 is 19.2 Å². The van der Waals surface area contributed by atoms with Crippen molar-refractivity contribution in [3.05, 3.63) is 75.8 Å². The molecule has 1 atom stereocenters. The Bertz CT molecular complexity index is 759. The van der Waals surface area contributed by atoms with Gasteiger partial charge in [0, 0.05) is 25.0 Å². The summed E-state index contributed by atoms with van der Waals surface area (Å²) in [6.45, 7) is 0. The number of ether oxygens (including phenoxy) is 1. The first kappa shape index (κ1) is 19.1. The summed E-state index contributed by atoms with van der Waals surface area (Å²) in [5.41, 5.74) is 1.69. The number of nitrogens with zero attached hydrogens (tertiary/aromatic N) is 1. The van der Waals surface area contributed by atoms with E-state index >= 15 is 0 Å². The van der Waals surface area contributed by atoms with Crippen LogP contribution in [-0.4, -0.2) is 30.0 Å². The van der Waals surface area contributed by atoms with E-state index in [2.05, 4.69) is 5.32 Å². The topological polar surface area (TPSA) is 98.5 Å². The standard InChI is InChI=1S/C19H20N2O5/c1-26-19(23)17(13-15-7-10-16(11-8-15)21(24)25)20-18(22)12-9-14-5-3-2-4-6-14/h2-8,10-11,17H,9,12-13H2,1H3,(H,20,22)/t17-/m1/s1. The number of carbonyl (C=O) groups is 2. The van der Waals surface area contributed by atoms with Crippen LogP contribution in [0.4, 0.5) is 5.69 Å². The van der Waals surface area contributed by atoms with Crippen LogP contribution < -0.4 is 5.32 Å². The first-order valence-electron chi connectivity index (χ1n) is 8.14. The molecule has 0 unspecified atom stereocenters. The summed E-state index contributed by atoms with van der Waals surface area (Å²) in [6.07, 6.45) is 1.01. The number of esters is 1. The molecule has 0 aliphatic carbocycles. The number of hydrogen-bond acceptors (Lipinski definition) is 5. The van der Waals surface area contributed by atoms with E-state index in [9.17, 15) is 19.7 Å². The number of methoxy groups -OCH3 is 1. The number of nitrogens with one attached hydrogen (secondary N) is 1. The Morgan fingerprint density at radius 1 is 1.08 bits per heavy atom. The summed E-state index contributed by atoms with van der Waals surface area (Å²) in [5, 5.41) is 13.4. The lowest BCUT2D eigenvalue weighted by atomic mass is 10.0. The van der Waals surface area contributed by atoms with E-state index < -0.39 is 16.9 Å². The zero-order valence-corrected chi connectivity index (χ0v) is 14.4. The number of carbonyl (C=O) groups excluding carboxylic acids is 2. The Balaban J connectivity index is 1.96. The molecule has 0 heterocycles. The molecule has 1 N–H and O–H groups in total. The maximum Gasteiger partial charge on any atom is 0.328 e. The quantitative estimate of drug-likeness (QED) is 0.445. The Labute approximate surface area is 151 Å². The van der Waals surface area contributed by atoms with E-state index in [0.717, 1.165) is 5.56 Å². The minimum atomic E-state index is -0.843. The number of amides is 1. The number of nitro groups is 1. The molecule has 2 rings (SSSR count). The highest BCUT2D eigenvalue weighted by Gasteiger charge is 2.22. The first-order chi connectivity index (χ1) is 12.5. The lowest BCUT2D eigenvalue weighted by Gasteiger charge is -2.16. The van der Waals surface area contributed by atoms with Crippen molar-refractivity contribution in [2.45, 2.75) is 25.3 Å². The fraction of sp³-hybridized carbons (Fsp3) is 0.263. The van der Waals surface area contributed by atoms with Gasteiger partial charge in [0.15, 0.2) is 0 Å². The average molecular weight is 356 g/mol. The van der Waals surface area contributed by atoms with Crippen LogP contribution in [-0.2, 0) is 27.2 Å². The molecule has 1 amide bonds. The molecule has 2 aromatic rings.